The average molecular weight is 396 g/mol. The number of hydrogen-bond acceptors (Lipinski definition) is 5. The van der Waals surface area contributed by atoms with Gasteiger partial charge in [0.15, 0.2) is 0 Å². The van der Waals surface area contributed by atoms with E-state index in [9.17, 15) is 19.7 Å². The molecule has 8 nitrogen and oxygen atoms in total. The van der Waals surface area contributed by atoms with Crippen molar-refractivity contribution in [3.05, 3.63) is 74.8 Å². The van der Waals surface area contributed by atoms with Gasteiger partial charge in [-0.25, -0.2) is 0 Å². The molecule has 1 aliphatic heterocycles. The fourth-order valence-corrected chi connectivity index (χ4v) is 3.30. The third-order valence-electron chi connectivity index (χ3n) is 5.19. The number of nitro benzene ring substituents is 1. The van der Waals surface area contributed by atoms with Crippen LogP contribution in [0.15, 0.2) is 42.5 Å². The summed E-state index contributed by atoms with van der Waals surface area (Å²) in [4.78, 5) is 39.6. The summed E-state index contributed by atoms with van der Waals surface area (Å²) in [5.41, 5.74) is 2.00. The normalized spacial score (nSPS) is 14.5. The van der Waals surface area contributed by atoms with Crippen LogP contribution in [0.4, 0.5) is 5.69 Å². The Morgan fingerprint density at radius 1 is 1.07 bits per heavy atom. The minimum absolute atomic E-state index is 0.0147. The molecule has 0 atom stereocenters. The van der Waals surface area contributed by atoms with Gasteiger partial charge in [-0.15, -0.1) is 0 Å². The largest absolute Gasteiger partial charge is 0.348 e. The lowest BCUT2D eigenvalue weighted by atomic mass is 10.1. The summed E-state index contributed by atoms with van der Waals surface area (Å²) >= 11 is 0. The maximum atomic E-state index is 12.6. The molecule has 0 unspecified atom stereocenters. The van der Waals surface area contributed by atoms with Gasteiger partial charge in [-0.1, -0.05) is 18.2 Å². The smallest absolute Gasteiger partial charge is 0.273 e. The quantitative estimate of drug-likeness (QED) is 0.618. The number of carbonyl (C=O) groups excluding carboxylic acids is 2. The van der Waals surface area contributed by atoms with Crippen molar-refractivity contribution in [1.82, 2.24) is 15.1 Å². The highest BCUT2D eigenvalue weighted by molar-refractivity contribution is 5.96. The van der Waals surface area contributed by atoms with Crippen molar-refractivity contribution in [3.63, 3.8) is 0 Å². The second-order valence-electron chi connectivity index (χ2n) is 7.18. The summed E-state index contributed by atoms with van der Waals surface area (Å²) in [6, 6.07) is 11.6. The molecule has 8 heteroatoms. The summed E-state index contributed by atoms with van der Waals surface area (Å²) in [6.07, 6.45) is 0. The van der Waals surface area contributed by atoms with Gasteiger partial charge in [0.05, 0.1) is 4.92 Å². The maximum absolute atomic E-state index is 12.6. The SMILES string of the molecule is Cc1c(C(=O)NCc2ccc(C(=O)N3CCN(C)CC3)cc2)cccc1[N+](=O)[O-]. The fourth-order valence-electron chi connectivity index (χ4n) is 3.30. The van der Waals surface area contributed by atoms with Gasteiger partial charge in [-0.2, -0.15) is 0 Å². The van der Waals surface area contributed by atoms with Crippen LogP contribution in [-0.4, -0.2) is 59.8 Å². The van der Waals surface area contributed by atoms with Crippen molar-refractivity contribution in [2.45, 2.75) is 13.5 Å². The third-order valence-corrected chi connectivity index (χ3v) is 5.19. The minimum atomic E-state index is -0.498. The van der Waals surface area contributed by atoms with Crippen molar-refractivity contribution in [3.8, 4) is 0 Å². The van der Waals surface area contributed by atoms with Gasteiger partial charge in [0.2, 0.25) is 0 Å². The number of nitrogens with zero attached hydrogens (tertiary/aromatic N) is 3. The lowest BCUT2D eigenvalue weighted by Crippen LogP contribution is -2.47. The Kier molecular flexibility index (Phi) is 6.23. The number of nitro groups is 1. The summed E-state index contributed by atoms with van der Waals surface area (Å²) in [5, 5.41) is 13.8. The van der Waals surface area contributed by atoms with Gasteiger partial charge in [0.1, 0.15) is 0 Å². The van der Waals surface area contributed by atoms with Gasteiger partial charge in [-0.05, 0) is 37.7 Å². The zero-order valence-corrected chi connectivity index (χ0v) is 16.6. The second-order valence-corrected chi connectivity index (χ2v) is 7.18. The van der Waals surface area contributed by atoms with Crippen molar-refractivity contribution in [1.29, 1.82) is 0 Å². The summed E-state index contributed by atoms with van der Waals surface area (Å²) in [5.74, 6) is -0.357. The number of piperazine rings is 1. The Bertz CT molecular complexity index is 919. The molecule has 0 aromatic heterocycles. The number of hydrogen-bond donors (Lipinski definition) is 1. The average Bonchev–Trinajstić information content (AvgIpc) is 2.72. The van der Waals surface area contributed by atoms with Crippen LogP contribution in [-0.2, 0) is 6.54 Å². The van der Waals surface area contributed by atoms with Gasteiger partial charge >= 0.3 is 0 Å². The molecule has 1 saturated heterocycles. The molecule has 3 rings (SSSR count). The molecule has 2 aromatic rings. The monoisotopic (exact) mass is 396 g/mol. The van der Waals surface area contributed by atoms with E-state index in [4.69, 9.17) is 0 Å². The number of amides is 2. The molecule has 0 aliphatic carbocycles. The van der Waals surface area contributed by atoms with Crippen molar-refractivity contribution < 1.29 is 14.5 Å². The molecule has 1 fully saturated rings. The highest BCUT2D eigenvalue weighted by Crippen LogP contribution is 2.21. The van der Waals surface area contributed by atoms with Crippen LogP contribution < -0.4 is 5.32 Å². The van der Waals surface area contributed by atoms with E-state index in [2.05, 4.69) is 10.2 Å². The summed E-state index contributed by atoms with van der Waals surface area (Å²) in [6.45, 7) is 5.00. The Hall–Kier alpha value is -3.26. The van der Waals surface area contributed by atoms with Crippen LogP contribution in [0.5, 0.6) is 0 Å². The number of likely N-dealkylation sites (N-methyl/N-ethyl adjacent to an activating group) is 1. The van der Waals surface area contributed by atoms with Gasteiger partial charge in [0, 0.05) is 55.5 Å². The zero-order chi connectivity index (χ0) is 21.0. The number of nitrogens with one attached hydrogen (secondary N) is 1. The Morgan fingerprint density at radius 3 is 2.34 bits per heavy atom. The van der Waals surface area contributed by atoms with Gasteiger partial charge < -0.3 is 15.1 Å². The van der Waals surface area contributed by atoms with Crippen molar-refractivity contribution >= 4 is 17.5 Å². The van der Waals surface area contributed by atoms with Crippen LogP contribution in [0.25, 0.3) is 0 Å². The molecule has 1 heterocycles. The van der Waals surface area contributed by atoms with Crippen LogP contribution in [0.1, 0.15) is 31.8 Å². The molecular formula is C21H24N4O4. The first-order chi connectivity index (χ1) is 13.9. The second kappa shape index (κ2) is 8.83. The van der Waals surface area contributed by atoms with Crippen LogP contribution in [0, 0.1) is 17.0 Å². The van der Waals surface area contributed by atoms with E-state index in [0.717, 1.165) is 31.7 Å². The first-order valence-electron chi connectivity index (χ1n) is 9.46. The third kappa shape index (κ3) is 4.78. The molecule has 0 radical (unpaired) electrons. The van der Waals surface area contributed by atoms with Crippen LogP contribution >= 0.6 is 0 Å². The Labute approximate surface area is 169 Å². The van der Waals surface area contributed by atoms with Crippen LogP contribution in [0.3, 0.4) is 0 Å². The standard InChI is InChI=1S/C21H24N4O4/c1-15-18(4-3-5-19(15)25(28)29)20(26)22-14-16-6-8-17(9-7-16)21(27)24-12-10-23(2)11-13-24/h3-9H,10-14H2,1-2H3,(H,22,26). The Balaban J connectivity index is 1.60. The summed E-state index contributed by atoms with van der Waals surface area (Å²) < 4.78 is 0. The summed E-state index contributed by atoms with van der Waals surface area (Å²) in [7, 11) is 2.04. The van der Waals surface area contributed by atoms with Crippen LogP contribution in [0.2, 0.25) is 0 Å². The molecule has 2 aromatic carbocycles. The van der Waals surface area contributed by atoms with Gasteiger partial charge in [0.25, 0.3) is 17.5 Å². The number of benzene rings is 2. The number of rotatable bonds is 5. The lowest BCUT2D eigenvalue weighted by molar-refractivity contribution is -0.385. The molecule has 29 heavy (non-hydrogen) atoms. The molecule has 2 amide bonds. The molecule has 152 valence electrons. The molecule has 1 aliphatic rings. The maximum Gasteiger partial charge on any atom is 0.273 e. The molecule has 1 N–H and O–H groups in total. The van der Waals surface area contributed by atoms with E-state index in [1.807, 2.05) is 24.1 Å². The Morgan fingerprint density at radius 2 is 1.72 bits per heavy atom. The number of carbonyl (C=O) groups is 2. The van der Waals surface area contributed by atoms with E-state index in [1.54, 1.807) is 25.1 Å². The minimum Gasteiger partial charge on any atom is -0.348 e. The molecule has 0 saturated carbocycles. The highest BCUT2D eigenvalue weighted by atomic mass is 16.6. The van der Waals surface area contributed by atoms with Gasteiger partial charge in [-0.3, -0.25) is 19.7 Å². The zero-order valence-electron chi connectivity index (χ0n) is 16.6. The van der Waals surface area contributed by atoms with E-state index >= 15 is 0 Å². The predicted molar refractivity (Wildman–Crippen MR) is 109 cm³/mol. The van der Waals surface area contributed by atoms with E-state index in [1.165, 1.54) is 12.1 Å². The topological polar surface area (TPSA) is 95.8 Å². The first-order valence-corrected chi connectivity index (χ1v) is 9.46. The molecular weight excluding hydrogens is 372 g/mol. The highest BCUT2D eigenvalue weighted by Gasteiger charge is 2.20. The van der Waals surface area contributed by atoms with Crippen molar-refractivity contribution in [2.75, 3.05) is 33.2 Å². The van der Waals surface area contributed by atoms with E-state index in [0.29, 0.717) is 11.1 Å². The van der Waals surface area contributed by atoms with Crippen molar-refractivity contribution in [2.24, 2.45) is 0 Å². The lowest BCUT2D eigenvalue weighted by Gasteiger charge is -2.32. The molecule has 0 spiro atoms. The fraction of sp³-hybridized carbons (Fsp3) is 0.333. The van der Waals surface area contributed by atoms with E-state index < -0.39 is 4.92 Å². The van der Waals surface area contributed by atoms with E-state index in [-0.39, 0.29) is 29.6 Å². The predicted octanol–water partition coefficient (Wildman–Crippen LogP) is 2.22. The first kappa shape index (κ1) is 20.5. The molecule has 0 bridgehead atoms.